The van der Waals surface area contributed by atoms with E-state index in [1.807, 2.05) is 25.1 Å². The Kier molecular flexibility index (Phi) is 7.08. The minimum Gasteiger partial charge on any atom is -0.497 e. The van der Waals surface area contributed by atoms with Crippen molar-refractivity contribution in [2.45, 2.75) is 32.3 Å². The molecule has 0 bridgehead atoms. The van der Waals surface area contributed by atoms with Crippen LogP contribution < -0.4 is 14.8 Å². The van der Waals surface area contributed by atoms with Crippen molar-refractivity contribution in [1.82, 2.24) is 9.88 Å². The minimum absolute atomic E-state index is 0.121. The summed E-state index contributed by atoms with van der Waals surface area (Å²) in [4.78, 5) is 18.6. The van der Waals surface area contributed by atoms with E-state index >= 15 is 0 Å². The van der Waals surface area contributed by atoms with Crippen LogP contribution in [-0.2, 0) is 4.74 Å². The average molecular weight is 385 g/mol. The summed E-state index contributed by atoms with van der Waals surface area (Å²) in [5.74, 6) is 1.78. The fraction of sp³-hybridized carbons (Fsp3) is 0.429. The molecule has 0 saturated carbocycles. The number of nitrogens with zero attached hydrogens (tertiary/aromatic N) is 2. The fourth-order valence-corrected chi connectivity index (χ4v) is 3.06. The molecule has 7 heteroatoms. The molecule has 2 aromatic rings. The van der Waals surface area contributed by atoms with Gasteiger partial charge in [0.05, 0.1) is 25.1 Å². The number of anilines is 1. The number of ether oxygens (including phenoxy) is 3. The maximum Gasteiger partial charge on any atom is 0.321 e. The van der Waals surface area contributed by atoms with Crippen LogP contribution >= 0.6 is 0 Å². The molecular formula is C21H27N3O4. The van der Waals surface area contributed by atoms with Crippen molar-refractivity contribution in [3.8, 4) is 17.4 Å². The van der Waals surface area contributed by atoms with E-state index in [-0.39, 0.29) is 12.1 Å². The number of pyridine rings is 1. The van der Waals surface area contributed by atoms with Crippen LogP contribution in [0.3, 0.4) is 0 Å². The number of benzene rings is 1. The molecule has 1 aliphatic heterocycles. The number of methoxy groups -OCH3 is 1. The molecule has 1 saturated heterocycles. The molecule has 1 unspecified atom stereocenters. The molecule has 1 aliphatic rings. The Morgan fingerprint density at radius 3 is 2.82 bits per heavy atom. The lowest BCUT2D eigenvalue weighted by molar-refractivity contribution is 0.00221. The van der Waals surface area contributed by atoms with Gasteiger partial charge in [0.2, 0.25) is 5.88 Å². The SMILES string of the molecule is CCN(CC1CCCCO1)C(=O)Nc1ccc(Oc2cccc(OC)c2)nc1. The van der Waals surface area contributed by atoms with Crippen LogP contribution in [-0.4, -0.2) is 48.8 Å². The molecule has 1 aromatic carbocycles. The number of hydrogen-bond donors (Lipinski definition) is 1. The van der Waals surface area contributed by atoms with Gasteiger partial charge in [0.1, 0.15) is 11.5 Å². The highest BCUT2D eigenvalue weighted by Gasteiger charge is 2.20. The van der Waals surface area contributed by atoms with Gasteiger partial charge >= 0.3 is 6.03 Å². The van der Waals surface area contributed by atoms with Crippen LogP contribution in [0.5, 0.6) is 17.4 Å². The summed E-state index contributed by atoms with van der Waals surface area (Å²) in [5.41, 5.74) is 0.617. The summed E-state index contributed by atoms with van der Waals surface area (Å²) in [6.45, 7) is 3.97. The lowest BCUT2D eigenvalue weighted by Crippen LogP contribution is -2.41. The van der Waals surface area contributed by atoms with Crippen molar-refractivity contribution in [2.24, 2.45) is 0 Å². The van der Waals surface area contributed by atoms with E-state index in [2.05, 4.69) is 10.3 Å². The van der Waals surface area contributed by atoms with Gasteiger partial charge in [-0.05, 0) is 44.4 Å². The van der Waals surface area contributed by atoms with E-state index in [9.17, 15) is 4.79 Å². The third-order valence-electron chi connectivity index (χ3n) is 4.62. The number of amides is 2. The van der Waals surface area contributed by atoms with Gasteiger partial charge in [0, 0.05) is 31.8 Å². The van der Waals surface area contributed by atoms with Crippen molar-refractivity contribution < 1.29 is 19.0 Å². The Labute approximate surface area is 165 Å². The molecule has 3 rings (SSSR count). The molecule has 1 fully saturated rings. The number of nitrogens with one attached hydrogen (secondary N) is 1. The van der Waals surface area contributed by atoms with Gasteiger partial charge in [-0.3, -0.25) is 0 Å². The van der Waals surface area contributed by atoms with Crippen LogP contribution in [0.25, 0.3) is 0 Å². The summed E-state index contributed by atoms with van der Waals surface area (Å²) >= 11 is 0. The monoisotopic (exact) mass is 385 g/mol. The van der Waals surface area contributed by atoms with Gasteiger partial charge in [-0.2, -0.15) is 0 Å². The van der Waals surface area contributed by atoms with Crippen molar-refractivity contribution >= 4 is 11.7 Å². The molecule has 1 atom stereocenters. The molecule has 1 N–H and O–H groups in total. The van der Waals surface area contributed by atoms with E-state index in [1.54, 1.807) is 36.4 Å². The smallest absolute Gasteiger partial charge is 0.321 e. The van der Waals surface area contributed by atoms with Crippen molar-refractivity contribution in [3.05, 3.63) is 42.6 Å². The van der Waals surface area contributed by atoms with Crippen molar-refractivity contribution in [1.29, 1.82) is 0 Å². The predicted molar refractivity (Wildman–Crippen MR) is 107 cm³/mol. The van der Waals surface area contributed by atoms with Gasteiger partial charge in [-0.25, -0.2) is 9.78 Å². The first kappa shape index (κ1) is 19.9. The minimum atomic E-state index is -0.153. The first-order valence-electron chi connectivity index (χ1n) is 9.63. The lowest BCUT2D eigenvalue weighted by atomic mass is 10.1. The van der Waals surface area contributed by atoms with E-state index in [0.29, 0.717) is 36.2 Å². The van der Waals surface area contributed by atoms with E-state index < -0.39 is 0 Å². The van der Waals surface area contributed by atoms with Crippen LogP contribution in [0.2, 0.25) is 0 Å². The number of hydrogen-bond acceptors (Lipinski definition) is 5. The number of carbonyl (C=O) groups excluding carboxylic acids is 1. The third-order valence-corrected chi connectivity index (χ3v) is 4.62. The second-order valence-electron chi connectivity index (χ2n) is 6.62. The van der Waals surface area contributed by atoms with Crippen LogP contribution in [0.15, 0.2) is 42.6 Å². The van der Waals surface area contributed by atoms with Crippen molar-refractivity contribution in [2.75, 3.05) is 32.1 Å². The zero-order valence-corrected chi connectivity index (χ0v) is 16.4. The van der Waals surface area contributed by atoms with E-state index in [1.165, 1.54) is 0 Å². The predicted octanol–water partition coefficient (Wildman–Crippen LogP) is 4.31. The average Bonchev–Trinajstić information content (AvgIpc) is 2.74. The van der Waals surface area contributed by atoms with Gasteiger partial charge in [-0.1, -0.05) is 6.07 Å². The molecule has 0 spiro atoms. The number of likely N-dealkylation sites (N-methyl/N-ethyl adjacent to an activating group) is 1. The zero-order chi connectivity index (χ0) is 19.8. The van der Waals surface area contributed by atoms with E-state index in [4.69, 9.17) is 14.2 Å². The van der Waals surface area contributed by atoms with Gasteiger partial charge in [0.25, 0.3) is 0 Å². The summed E-state index contributed by atoms with van der Waals surface area (Å²) in [6.07, 6.45) is 4.96. The Balaban J connectivity index is 1.55. The Morgan fingerprint density at radius 2 is 2.14 bits per heavy atom. The normalized spacial score (nSPS) is 16.3. The van der Waals surface area contributed by atoms with Gasteiger partial charge in [-0.15, -0.1) is 0 Å². The summed E-state index contributed by atoms with van der Waals surface area (Å²) in [6, 6.07) is 10.6. The van der Waals surface area contributed by atoms with Crippen molar-refractivity contribution in [3.63, 3.8) is 0 Å². The number of aromatic nitrogens is 1. The summed E-state index contributed by atoms with van der Waals surface area (Å²) < 4.78 is 16.6. The quantitative estimate of drug-likeness (QED) is 0.769. The molecule has 28 heavy (non-hydrogen) atoms. The Bertz CT molecular complexity index is 761. The molecule has 0 aliphatic carbocycles. The number of carbonyl (C=O) groups is 1. The lowest BCUT2D eigenvalue weighted by Gasteiger charge is -2.29. The second-order valence-corrected chi connectivity index (χ2v) is 6.62. The first-order valence-corrected chi connectivity index (χ1v) is 9.63. The highest BCUT2D eigenvalue weighted by Crippen LogP contribution is 2.24. The molecular weight excluding hydrogens is 358 g/mol. The maximum atomic E-state index is 12.6. The second kappa shape index (κ2) is 9.94. The largest absolute Gasteiger partial charge is 0.497 e. The third kappa shape index (κ3) is 5.60. The molecule has 7 nitrogen and oxygen atoms in total. The van der Waals surface area contributed by atoms with Crippen LogP contribution in [0, 0.1) is 0 Å². The number of rotatable bonds is 7. The van der Waals surface area contributed by atoms with E-state index in [0.717, 1.165) is 25.9 Å². The molecule has 2 amide bonds. The molecule has 1 aromatic heterocycles. The number of urea groups is 1. The Hall–Kier alpha value is -2.80. The van der Waals surface area contributed by atoms with Crippen LogP contribution in [0.1, 0.15) is 26.2 Å². The zero-order valence-electron chi connectivity index (χ0n) is 16.4. The fourth-order valence-electron chi connectivity index (χ4n) is 3.06. The maximum absolute atomic E-state index is 12.6. The standard InChI is InChI=1S/C21H27N3O4/c1-3-24(15-19-7-4-5-12-27-19)21(25)23-16-10-11-20(22-14-16)28-18-9-6-8-17(13-18)26-2/h6,8-11,13-14,19H,3-5,7,12,15H2,1-2H3,(H,23,25). The van der Waals surface area contributed by atoms with Gasteiger partial charge in [0.15, 0.2) is 0 Å². The molecule has 0 radical (unpaired) electrons. The highest BCUT2D eigenvalue weighted by atomic mass is 16.5. The molecule has 150 valence electrons. The Morgan fingerprint density at radius 1 is 1.29 bits per heavy atom. The van der Waals surface area contributed by atoms with Crippen LogP contribution in [0.4, 0.5) is 10.5 Å². The highest BCUT2D eigenvalue weighted by molar-refractivity contribution is 5.89. The summed E-state index contributed by atoms with van der Waals surface area (Å²) in [5, 5.41) is 2.89. The van der Waals surface area contributed by atoms with Gasteiger partial charge < -0.3 is 24.4 Å². The molecule has 2 heterocycles. The summed E-state index contributed by atoms with van der Waals surface area (Å²) in [7, 11) is 1.61. The first-order chi connectivity index (χ1) is 13.7. The topological polar surface area (TPSA) is 72.9 Å².